The Morgan fingerprint density at radius 3 is 2.59 bits per heavy atom. The summed E-state index contributed by atoms with van der Waals surface area (Å²) in [5, 5.41) is 9.09. The topological polar surface area (TPSA) is 43.8 Å². The van der Waals surface area contributed by atoms with Crippen molar-refractivity contribution in [1.82, 2.24) is 9.80 Å². The second kappa shape index (κ2) is 7.19. The van der Waals surface area contributed by atoms with Gasteiger partial charge in [0.2, 0.25) is 5.91 Å². The third-order valence-corrected chi connectivity index (χ3v) is 3.87. The number of hydrogen-bond acceptors (Lipinski definition) is 3. The molecule has 100 valence electrons. The fraction of sp³-hybridized carbons (Fsp3) is 0.917. The lowest BCUT2D eigenvalue weighted by Gasteiger charge is -2.38. The van der Waals surface area contributed by atoms with Crippen LogP contribution in [0.25, 0.3) is 0 Å². The number of piperidine rings is 1. The first-order valence-electron chi connectivity index (χ1n) is 6.26. The number of alkyl halides is 1. The molecule has 0 spiro atoms. The van der Waals surface area contributed by atoms with Gasteiger partial charge in [-0.1, -0.05) is 6.92 Å². The third kappa shape index (κ3) is 4.12. The second-order valence-corrected chi connectivity index (χ2v) is 5.15. The normalized spacial score (nSPS) is 20.2. The number of aliphatic hydroxyl groups excluding tert-OH is 1. The van der Waals surface area contributed by atoms with Gasteiger partial charge in [0.25, 0.3) is 0 Å². The highest BCUT2D eigenvalue weighted by molar-refractivity contribution is 6.19. The van der Waals surface area contributed by atoms with Gasteiger partial charge in [-0.2, -0.15) is 0 Å². The van der Waals surface area contributed by atoms with Gasteiger partial charge in [-0.15, -0.1) is 11.6 Å². The molecule has 1 N–H and O–H groups in total. The molecule has 4 nitrogen and oxygen atoms in total. The lowest BCUT2D eigenvalue weighted by Crippen LogP contribution is -2.49. The van der Waals surface area contributed by atoms with Crippen molar-refractivity contribution in [2.75, 3.05) is 39.2 Å². The molecule has 1 aliphatic heterocycles. The van der Waals surface area contributed by atoms with E-state index < -0.39 is 0 Å². The van der Waals surface area contributed by atoms with Crippen molar-refractivity contribution >= 4 is 17.5 Å². The summed E-state index contributed by atoms with van der Waals surface area (Å²) in [6.07, 6.45) is 1.97. The maximum absolute atomic E-state index is 12.2. The lowest BCUT2D eigenvalue weighted by atomic mass is 10.0. The second-order valence-electron chi connectivity index (χ2n) is 4.85. The van der Waals surface area contributed by atoms with Gasteiger partial charge in [0, 0.05) is 24.4 Å². The van der Waals surface area contributed by atoms with Crippen molar-refractivity contribution in [3.8, 4) is 0 Å². The fourth-order valence-corrected chi connectivity index (χ4v) is 2.37. The quantitative estimate of drug-likeness (QED) is 0.745. The Morgan fingerprint density at radius 2 is 2.12 bits per heavy atom. The number of likely N-dealkylation sites (tertiary alicyclic amines) is 1. The van der Waals surface area contributed by atoms with Crippen molar-refractivity contribution < 1.29 is 9.90 Å². The molecule has 0 bridgehead atoms. The predicted octanol–water partition coefficient (Wildman–Crippen LogP) is 0.776. The summed E-state index contributed by atoms with van der Waals surface area (Å²) in [5.74, 6) is 0.249. The zero-order valence-electron chi connectivity index (χ0n) is 10.7. The molecule has 1 saturated heterocycles. The Morgan fingerprint density at radius 1 is 1.53 bits per heavy atom. The zero-order chi connectivity index (χ0) is 12.8. The molecule has 1 aliphatic rings. The SMILES string of the molecule is CC(CCl)C(=O)N(CCO)C1CCN(C)CC1. The molecule has 0 aromatic carbocycles. The molecular formula is C12H23ClN2O2. The summed E-state index contributed by atoms with van der Waals surface area (Å²) in [4.78, 5) is 16.2. The first kappa shape index (κ1) is 14.7. The number of halogens is 1. The van der Waals surface area contributed by atoms with Crippen molar-refractivity contribution in [1.29, 1.82) is 0 Å². The molecule has 1 rings (SSSR count). The smallest absolute Gasteiger partial charge is 0.226 e. The average molecular weight is 263 g/mol. The molecule has 1 fully saturated rings. The maximum atomic E-state index is 12.2. The van der Waals surface area contributed by atoms with Crippen LogP contribution in [0, 0.1) is 5.92 Å². The van der Waals surface area contributed by atoms with E-state index in [0.717, 1.165) is 25.9 Å². The van der Waals surface area contributed by atoms with Gasteiger partial charge in [-0.3, -0.25) is 4.79 Å². The Labute approximate surface area is 109 Å². The maximum Gasteiger partial charge on any atom is 0.226 e. The molecule has 0 aliphatic carbocycles. The van der Waals surface area contributed by atoms with Crippen LogP contribution in [0.1, 0.15) is 19.8 Å². The summed E-state index contributed by atoms with van der Waals surface area (Å²) in [5.41, 5.74) is 0. The molecule has 5 heteroatoms. The van der Waals surface area contributed by atoms with E-state index in [1.807, 2.05) is 11.8 Å². The molecule has 0 saturated carbocycles. The van der Waals surface area contributed by atoms with E-state index in [1.54, 1.807) is 0 Å². The minimum atomic E-state index is -0.164. The molecule has 1 amide bonds. The molecule has 1 unspecified atom stereocenters. The van der Waals surface area contributed by atoms with Crippen molar-refractivity contribution in [2.45, 2.75) is 25.8 Å². The number of nitrogens with zero attached hydrogens (tertiary/aromatic N) is 2. The number of carbonyl (C=O) groups excluding carboxylic acids is 1. The van der Waals surface area contributed by atoms with E-state index in [0.29, 0.717) is 12.4 Å². The summed E-state index contributed by atoms with van der Waals surface area (Å²) in [7, 11) is 2.09. The number of amides is 1. The van der Waals surface area contributed by atoms with E-state index in [4.69, 9.17) is 16.7 Å². The summed E-state index contributed by atoms with van der Waals surface area (Å²) < 4.78 is 0. The lowest BCUT2D eigenvalue weighted by molar-refractivity contribution is -0.138. The van der Waals surface area contributed by atoms with Gasteiger partial charge in [-0.25, -0.2) is 0 Å². The van der Waals surface area contributed by atoms with Crippen molar-refractivity contribution in [3.63, 3.8) is 0 Å². The van der Waals surface area contributed by atoms with Crippen LogP contribution in [0.3, 0.4) is 0 Å². The van der Waals surface area contributed by atoms with Crippen LogP contribution < -0.4 is 0 Å². The van der Waals surface area contributed by atoms with Gasteiger partial charge in [0.05, 0.1) is 6.61 Å². The number of rotatable bonds is 5. The van der Waals surface area contributed by atoms with Gasteiger partial charge in [0.1, 0.15) is 0 Å². The molecule has 17 heavy (non-hydrogen) atoms. The first-order valence-corrected chi connectivity index (χ1v) is 6.79. The zero-order valence-corrected chi connectivity index (χ0v) is 11.5. The summed E-state index contributed by atoms with van der Waals surface area (Å²) in [6.45, 7) is 4.31. The molecular weight excluding hydrogens is 240 g/mol. The van der Waals surface area contributed by atoms with Crippen molar-refractivity contribution in [3.05, 3.63) is 0 Å². The van der Waals surface area contributed by atoms with E-state index in [9.17, 15) is 4.79 Å². The highest BCUT2D eigenvalue weighted by Gasteiger charge is 2.28. The van der Waals surface area contributed by atoms with Crippen LogP contribution in [0.5, 0.6) is 0 Å². The molecule has 0 radical (unpaired) electrons. The third-order valence-electron chi connectivity index (χ3n) is 3.41. The average Bonchev–Trinajstić information content (AvgIpc) is 2.35. The van der Waals surface area contributed by atoms with E-state index in [1.165, 1.54) is 0 Å². The number of carbonyl (C=O) groups is 1. The first-order chi connectivity index (χ1) is 8.10. The molecule has 0 aromatic heterocycles. The Bertz CT molecular complexity index is 243. The van der Waals surface area contributed by atoms with Gasteiger partial charge in [0.15, 0.2) is 0 Å². The van der Waals surface area contributed by atoms with E-state index >= 15 is 0 Å². The van der Waals surface area contributed by atoms with Crippen LogP contribution in [-0.2, 0) is 4.79 Å². The monoisotopic (exact) mass is 262 g/mol. The van der Waals surface area contributed by atoms with Crippen LogP contribution in [0.4, 0.5) is 0 Å². The number of aliphatic hydroxyl groups is 1. The van der Waals surface area contributed by atoms with Crippen LogP contribution in [0.15, 0.2) is 0 Å². The Hall–Kier alpha value is -0.320. The van der Waals surface area contributed by atoms with E-state index in [2.05, 4.69) is 11.9 Å². The van der Waals surface area contributed by atoms with E-state index in [-0.39, 0.29) is 24.5 Å². The van der Waals surface area contributed by atoms with Crippen LogP contribution in [0.2, 0.25) is 0 Å². The number of hydrogen-bond donors (Lipinski definition) is 1. The highest BCUT2D eigenvalue weighted by Crippen LogP contribution is 2.18. The fourth-order valence-electron chi connectivity index (χ4n) is 2.24. The highest BCUT2D eigenvalue weighted by atomic mass is 35.5. The molecule has 1 atom stereocenters. The van der Waals surface area contributed by atoms with Crippen LogP contribution in [-0.4, -0.2) is 66.0 Å². The molecule has 0 aromatic rings. The van der Waals surface area contributed by atoms with Gasteiger partial charge < -0.3 is 14.9 Å². The summed E-state index contributed by atoms with van der Waals surface area (Å²) >= 11 is 5.73. The Balaban J connectivity index is 2.61. The minimum absolute atomic E-state index is 0.0209. The standard InChI is InChI=1S/C12H23ClN2O2/c1-10(9-13)12(17)15(7-8-16)11-3-5-14(2)6-4-11/h10-11,16H,3-9H2,1-2H3. The summed E-state index contributed by atoms with van der Waals surface area (Å²) in [6, 6.07) is 0.261. The van der Waals surface area contributed by atoms with Gasteiger partial charge >= 0.3 is 0 Å². The van der Waals surface area contributed by atoms with Crippen LogP contribution >= 0.6 is 11.6 Å². The minimum Gasteiger partial charge on any atom is -0.395 e. The van der Waals surface area contributed by atoms with Gasteiger partial charge in [-0.05, 0) is 33.0 Å². The molecule has 1 heterocycles. The Kier molecular flexibility index (Phi) is 6.23. The predicted molar refractivity (Wildman–Crippen MR) is 69.2 cm³/mol. The van der Waals surface area contributed by atoms with Crippen molar-refractivity contribution in [2.24, 2.45) is 5.92 Å². The largest absolute Gasteiger partial charge is 0.395 e.